The number of benzene rings is 6. The Bertz CT molecular complexity index is 3190. The molecule has 2 aromatic heterocycles. The molecule has 6 aromatic carbocycles. The first-order valence-corrected chi connectivity index (χ1v) is 24.0. The number of imidazole rings is 1. The van der Waals surface area contributed by atoms with Gasteiger partial charge in [0.15, 0.2) is 0 Å². The molecule has 0 radical (unpaired) electrons. The number of aromatic nitrogens is 3. The van der Waals surface area contributed by atoms with Crippen LogP contribution in [0.15, 0.2) is 121 Å². The van der Waals surface area contributed by atoms with Crippen LogP contribution >= 0.6 is 0 Å². The van der Waals surface area contributed by atoms with Crippen molar-refractivity contribution in [2.45, 2.75) is 138 Å². The zero-order chi connectivity index (χ0) is 50.1. The zero-order valence-electron chi connectivity index (χ0n) is 44.8. The van der Waals surface area contributed by atoms with E-state index in [0.717, 1.165) is 94.7 Å². The summed E-state index contributed by atoms with van der Waals surface area (Å²) in [4.78, 5) is 10.5. The topological polar surface area (TPSA) is 50.9 Å². The molecule has 8 aromatic rings. The summed E-state index contributed by atoms with van der Waals surface area (Å²) in [5.41, 5.74) is 18.3. The number of aromatic hydroxyl groups is 1. The molecule has 5 heteroatoms. The number of para-hydroxylation sites is 1. The Morgan fingerprint density at radius 3 is 1.79 bits per heavy atom. The SMILES string of the molecule is [2H]C(C)(C)c1cc(-c2ccc(-n3c(-c4cc(C(C)C)cc(C(C)C)c4O)nc4c(-c5[c-]c(-c6cc(-c7ccc(C(C)(C)C)cc7)ccn6)cc(C(C)(C)C)c5)cccc43)c(C)c2)cc(C([2H])(C)C)c1.[Pt]. The molecule has 0 aliphatic heterocycles. The second kappa shape index (κ2) is 19.4. The molecule has 0 aliphatic carbocycles. The predicted octanol–water partition coefficient (Wildman–Crippen LogP) is 17.7. The van der Waals surface area contributed by atoms with E-state index in [1.54, 1.807) is 0 Å². The van der Waals surface area contributed by atoms with E-state index in [1.165, 1.54) is 5.56 Å². The number of pyridine rings is 1. The second-order valence-electron chi connectivity index (χ2n) is 21.8. The first kappa shape index (κ1) is 47.5. The molecule has 8 rings (SSSR count). The van der Waals surface area contributed by atoms with Crippen molar-refractivity contribution >= 4 is 11.0 Å². The van der Waals surface area contributed by atoms with Crippen LogP contribution in [0.2, 0.25) is 0 Å². The van der Waals surface area contributed by atoms with Gasteiger partial charge in [-0.2, -0.15) is 0 Å². The standard InChI is InChI=1S/C63H70N3O.Pt/c1-37(2)45-28-46(38(3)4)30-48(29-45)43-21-24-57(41(9)27-43)66-58-18-16-17-53(59(58)65-61(66)55-35-47(39(5)6)34-54(40(7)8)60(55)67)49-31-50(33-52(32-49)63(13,14)15)56-36-44(25-26-64-56)42-19-22-51(23-20-42)62(10,11)12;/h16-30,32-40,67H,1-15H3;/q-1;/i37D,38D;. The average molecular weight is 1080 g/mol. The van der Waals surface area contributed by atoms with Crippen LogP contribution in [0, 0.1) is 13.0 Å². The molecule has 0 atom stereocenters. The van der Waals surface area contributed by atoms with Crippen molar-refractivity contribution in [3.05, 3.63) is 166 Å². The van der Waals surface area contributed by atoms with Crippen LogP contribution in [0.3, 0.4) is 0 Å². The Balaban J connectivity index is 0.00000722. The molecule has 0 fully saturated rings. The van der Waals surface area contributed by atoms with Crippen LogP contribution in [0.25, 0.3) is 72.7 Å². The van der Waals surface area contributed by atoms with Gasteiger partial charge >= 0.3 is 0 Å². The van der Waals surface area contributed by atoms with Gasteiger partial charge in [0.25, 0.3) is 0 Å². The maximum absolute atomic E-state index is 12.3. The third kappa shape index (κ3) is 10.1. The van der Waals surface area contributed by atoms with Crippen molar-refractivity contribution < 1.29 is 28.9 Å². The van der Waals surface area contributed by atoms with E-state index >= 15 is 0 Å². The number of nitrogens with zero attached hydrogens (tertiary/aromatic N) is 3. The number of aryl methyl sites for hydroxylation is 1. The molecular weight excluding hydrogens is 1010 g/mol. The Morgan fingerprint density at radius 1 is 0.588 bits per heavy atom. The minimum atomic E-state index is -0.835. The van der Waals surface area contributed by atoms with Gasteiger partial charge < -0.3 is 5.11 Å². The number of phenolic OH excluding ortho intramolecular Hbond substituents is 1. The van der Waals surface area contributed by atoms with Crippen molar-refractivity contribution in [2.75, 3.05) is 0 Å². The van der Waals surface area contributed by atoms with Gasteiger partial charge in [0.1, 0.15) is 11.6 Å². The molecule has 0 unspecified atom stereocenters. The van der Waals surface area contributed by atoms with Gasteiger partial charge in [0.2, 0.25) is 0 Å². The van der Waals surface area contributed by atoms with Crippen molar-refractivity contribution in [2.24, 2.45) is 0 Å². The third-order valence-electron chi connectivity index (χ3n) is 13.4. The van der Waals surface area contributed by atoms with E-state index in [1.807, 2.05) is 40.0 Å². The minimum absolute atomic E-state index is 0. The summed E-state index contributed by atoms with van der Waals surface area (Å²) in [5, 5.41) is 12.3. The van der Waals surface area contributed by atoms with E-state index in [0.29, 0.717) is 11.4 Å². The van der Waals surface area contributed by atoms with E-state index in [9.17, 15) is 5.11 Å². The predicted molar refractivity (Wildman–Crippen MR) is 285 cm³/mol. The number of fused-ring (bicyclic) bond motifs is 1. The molecule has 0 spiro atoms. The molecule has 68 heavy (non-hydrogen) atoms. The van der Waals surface area contributed by atoms with E-state index in [-0.39, 0.29) is 49.5 Å². The van der Waals surface area contributed by atoms with Crippen LogP contribution in [0.5, 0.6) is 5.75 Å². The smallest absolute Gasteiger partial charge is 0.148 e. The summed E-state index contributed by atoms with van der Waals surface area (Å²) in [6.45, 7) is 31.8. The van der Waals surface area contributed by atoms with E-state index in [4.69, 9.17) is 12.7 Å². The molecule has 4 nitrogen and oxygen atoms in total. The fourth-order valence-electron chi connectivity index (χ4n) is 9.03. The summed E-state index contributed by atoms with van der Waals surface area (Å²) in [6.07, 6.45) is 1.90. The second-order valence-corrected chi connectivity index (χ2v) is 21.8. The monoisotopic (exact) mass is 1080 g/mol. The van der Waals surface area contributed by atoms with Crippen LogP contribution in [0.4, 0.5) is 0 Å². The third-order valence-corrected chi connectivity index (χ3v) is 13.4. The summed E-state index contributed by atoms with van der Waals surface area (Å²) < 4.78 is 20.1. The fraction of sp³-hybridized carbons (Fsp3) is 0.333. The van der Waals surface area contributed by atoms with Crippen molar-refractivity contribution in [3.8, 4) is 67.5 Å². The molecular formula is C63H70N3OPt-. The molecule has 0 amide bonds. The molecule has 1 N–H and O–H groups in total. The Kier molecular flexibility index (Phi) is 13.6. The molecule has 0 saturated heterocycles. The maximum atomic E-state index is 12.3. The summed E-state index contributed by atoms with van der Waals surface area (Å²) >= 11 is 0. The number of phenols is 1. The van der Waals surface area contributed by atoms with Gasteiger partial charge in [-0.05, 0) is 127 Å². The van der Waals surface area contributed by atoms with Crippen LogP contribution < -0.4 is 0 Å². The van der Waals surface area contributed by atoms with Gasteiger partial charge in [-0.3, -0.25) is 9.55 Å². The minimum Gasteiger partial charge on any atom is -0.507 e. The summed E-state index contributed by atoms with van der Waals surface area (Å²) in [6, 6.07) is 44.7. The van der Waals surface area contributed by atoms with Crippen molar-refractivity contribution in [1.29, 1.82) is 0 Å². The van der Waals surface area contributed by atoms with Gasteiger partial charge in [0, 0.05) is 35.7 Å². The average Bonchev–Trinajstić information content (AvgIpc) is 3.66. The Hall–Kier alpha value is -5.57. The van der Waals surface area contributed by atoms with Crippen LogP contribution in [-0.4, -0.2) is 19.6 Å². The normalized spacial score (nSPS) is 13.0. The largest absolute Gasteiger partial charge is 0.507 e. The van der Waals surface area contributed by atoms with E-state index < -0.39 is 11.8 Å². The molecule has 354 valence electrons. The van der Waals surface area contributed by atoms with E-state index in [2.05, 4.69) is 196 Å². The van der Waals surface area contributed by atoms with Gasteiger partial charge in [-0.25, -0.2) is 4.98 Å². The first-order chi connectivity index (χ1) is 32.2. The first-order valence-electron chi connectivity index (χ1n) is 25.0. The zero-order valence-corrected chi connectivity index (χ0v) is 45.1. The van der Waals surface area contributed by atoms with Crippen LogP contribution in [0.1, 0.15) is 162 Å². The maximum Gasteiger partial charge on any atom is 0.148 e. The molecule has 0 aliphatic rings. The molecule has 2 heterocycles. The number of hydrogen-bond donors (Lipinski definition) is 1. The van der Waals surface area contributed by atoms with Crippen LogP contribution in [-0.2, 0) is 31.9 Å². The van der Waals surface area contributed by atoms with Gasteiger partial charge in [0.05, 0.1) is 22.3 Å². The molecule has 0 saturated carbocycles. The Morgan fingerprint density at radius 2 is 1.21 bits per heavy atom. The van der Waals surface area contributed by atoms with Gasteiger partial charge in [-0.15, -0.1) is 29.3 Å². The number of rotatable bonds is 10. The quantitative estimate of drug-likeness (QED) is 0.139. The fourth-order valence-corrected chi connectivity index (χ4v) is 9.03. The molecule has 0 bridgehead atoms. The van der Waals surface area contributed by atoms with Gasteiger partial charge in [-0.1, -0.05) is 181 Å². The Labute approximate surface area is 424 Å². The summed E-state index contributed by atoms with van der Waals surface area (Å²) in [5.74, 6) is -0.460. The van der Waals surface area contributed by atoms with Crippen molar-refractivity contribution in [1.82, 2.24) is 14.5 Å². The number of hydrogen-bond acceptors (Lipinski definition) is 3. The summed E-state index contributed by atoms with van der Waals surface area (Å²) in [7, 11) is 0. The van der Waals surface area contributed by atoms with Crippen molar-refractivity contribution in [3.63, 3.8) is 0 Å².